The second-order valence-electron chi connectivity index (χ2n) is 8.76. The van der Waals surface area contributed by atoms with E-state index in [-0.39, 0.29) is 23.4 Å². The average Bonchev–Trinajstić information content (AvgIpc) is 2.65. The van der Waals surface area contributed by atoms with Crippen molar-refractivity contribution >= 4 is 11.6 Å². The van der Waals surface area contributed by atoms with Gasteiger partial charge in [-0.15, -0.1) is 0 Å². The van der Waals surface area contributed by atoms with Gasteiger partial charge in [0.1, 0.15) is 11.6 Å². The summed E-state index contributed by atoms with van der Waals surface area (Å²) in [5, 5.41) is 0. The summed E-state index contributed by atoms with van der Waals surface area (Å²) in [6.45, 7) is 9.87. The number of hydrogen-bond donors (Lipinski definition) is 0. The molecule has 0 amide bonds. The van der Waals surface area contributed by atoms with Crippen LogP contribution in [-0.4, -0.2) is 24.8 Å². The van der Waals surface area contributed by atoms with Gasteiger partial charge in [0.15, 0.2) is 0 Å². The van der Waals surface area contributed by atoms with E-state index in [1.54, 1.807) is 0 Å². The molecule has 0 bridgehead atoms. The van der Waals surface area contributed by atoms with Gasteiger partial charge >= 0.3 is 0 Å². The van der Waals surface area contributed by atoms with Crippen molar-refractivity contribution < 1.29 is 19.1 Å². The molecule has 0 saturated carbocycles. The molecule has 4 nitrogen and oxygen atoms in total. The maximum absolute atomic E-state index is 12.2. The Balaban J connectivity index is 1.85. The van der Waals surface area contributed by atoms with E-state index in [0.717, 1.165) is 11.5 Å². The molecule has 0 radical (unpaired) electrons. The Kier molecular flexibility index (Phi) is 9.01. The molecule has 2 aliphatic rings. The highest BCUT2D eigenvalue weighted by molar-refractivity contribution is 5.84. The van der Waals surface area contributed by atoms with Gasteiger partial charge in [-0.1, -0.05) is 39.8 Å². The van der Waals surface area contributed by atoms with Gasteiger partial charge in [0.05, 0.1) is 24.7 Å². The Bertz CT molecular complexity index is 571. The molecule has 0 aromatic heterocycles. The fourth-order valence-electron chi connectivity index (χ4n) is 3.34. The number of ether oxygens (including phenoxy) is 2. The van der Waals surface area contributed by atoms with Crippen LogP contribution in [0.4, 0.5) is 0 Å². The van der Waals surface area contributed by atoms with E-state index in [2.05, 4.69) is 27.7 Å². The van der Waals surface area contributed by atoms with Gasteiger partial charge in [-0.3, -0.25) is 9.59 Å². The van der Waals surface area contributed by atoms with Crippen LogP contribution >= 0.6 is 0 Å². The lowest BCUT2D eigenvalue weighted by Crippen LogP contribution is -2.19. The zero-order chi connectivity index (χ0) is 20.5. The molecule has 0 heterocycles. The lowest BCUT2D eigenvalue weighted by Gasteiger charge is -2.21. The Labute approximate surface area is 170 Å². The van der Waals surface area contributed by atoms with Crippen molar-refractivity contribution in [3.63, 3.8) is 0 Å². The Hall–Kier alpha value is -1.84. The third-order valence-corrected chi connectivity index (χ3v) is 4.99. The number of ketones is 2. The topological polar surface area (TPSA) is 52.6 Å². The quantitative estimate of drug-likeness (QED) is 0.471. The zero-order valence-corrected chi connectivity index (χ0v) is 17.9. The lowest BCUT2D eigenvalue weighted by molar-refractivity contribution is -0.123. The third kappa shape index (κ3) is 7.65. The molecule has 0 fully saturated rings. The normalized spacial score (nSPS) is 23.4. The van der Waals surface area contributed by atoms with E-state index in [4.69, 9.17) is 9.47 Å². The van der Waals surface area contributed by atoms with E-state index < -0.39 is 0 Å². The Morgan fingerprint density at radius 3 is 1.54 bits per heavy atom. The summed E-state index contributed by atoms with van der Waals surface area (Å²) in [5.41, 5.74) is 0. The van der Waals surface area contributed by atoms with Crippen molar-refractivity contribution in [2.75, 3.05) is 13.2 Å². The third-order valence-electron chi connectivity index (χ3n) is 4.99. The van der Waals surface area contributed by atoms with Crippen molar-refractivity contribution in [2.24, 2.45) is 23.7 Å². The van der Waals surface area contributed by atoms with Crippen LogP contribution < -0.4 is 0 Å². The second kappa shape index (κ2) is 11.2. The molecule has 2 aliphatic carbocycles. The molecule has 0 aliphatic heterocycles. The lowest BCUT2D eigenvalue weighted by atomic mass is 9.88. The van der Waals surface area contributed by atoms with Crippen molar-refractivity contribution in [1.29, 1.82) is 0 Å². The molecule has 156 valence electrons. The first-order chi connectivity index (χ1) is 13.3. The van der Waals surface area contributed by atoms with Gasteiger partial charge in [-0.2, -0.15) is 0 Å². The summed E-state index contributed by atoms with van der Waals surface area (Å²) in [6, 6.07) is 0. The Morgan fingerprint density at radius 1 is 0.786 bits per heavy atom. The summed E-state index contributed by atoms with van der Waals surface area (Å²) in [4.78, 5) is 24.4. The molecule has 0 aromatic carbocycles. The summed E-state index contributed by atoms with van der Waals surface area (Å²) in [6.07, 6.45) is 11.9. The maximum atomic E-state index is 12.2. The standard InChI is InChI=1S/C24H36O4/c1-17(2)15-27-21-9-11-23(25)19(13-21)7-5-6-8-20-14-22(10-12-24(20)26)28-16-18(3)4/h5-6,13-14,17-20H,7-12,15-16H2,1-4H3/b6-5+. The Morgan fingerprint density at radius 2 is 1.18 bits per heavy atom. The van der Waals surface area contributed by atoms with E-state index in [1.807, 2.05) is 24.3 Å². The monoisotopic (exact) mass is 388 g/mol. The van der Waals surface area contributed by atoms with Crippen molar-refractivity contribution in [3.05, 3.63) is 35.8 Å². The summed E-state index contributed by atoms with van der Waals surface area (Å²) in [7, 11) is 0. The molecular weight excluding hydrogens is 352 g/mol. The number of allylic oxidation sites excluding steroid dienone is 6. The van der Waals surface area contributed by atoms with Crippen molar-refractivity contribution in [1.82, 2.24) is 0 Å². The van der Waals surface area contributed by atoms with E-state index in [9.17, 15) is 9.59 Å². The average molecular weight is 389 g/mol. The van der Waals surface area contributed by atoms with Crippen LogP contribution in [0.25, 0.3) is 0 Å². The van der Waals surface area contributed by atoms with Crippen LogP contribution in [0.3, 0.4) is 0 Å². The van der Waals surface area contributed by atoms with Gasteiger partial charge in [-0.25, -0.2) is 0 Å². The molecule has 2 rings (SSSR count). The van der Waals surface area contributed by atoms with Crippen LogP contribution in [0.1, 0.15) is 66.2 Å². The zero-order valence-electron chi connectivity index (χ0n) is 17.9. The van der Waals surface area contributed by atoms with Gasteiger partial charge in [-0.05, 0) is 36.8 Å². The molecule has 2 unspecified atom stereocenters. The van der Waals surface area contributed by atoms with E-state index in [1.165, 1.54) is 0 Å². The van der Waals surface area contributed by atoms with E-state index in [0.29, 0.717) is 63.6 Å². The summed E-state index contributed by atoms with van der Waals surface area (Å²) < 4.78 is 11.6. The predicted octanol–water partition coefficient (Wildman–Crippen LogP) is 5.39. The number of carbonyl (C=O) groups excluding carboxylic acids is 2. The summed E-state index contributed by atoms with van der Waals surface area (Å²) >= 11 is 0. The smallest absolute Gasteiger partial charge is 0.140 e. The molecule has 2 atom stereocenters. The minimum absolute atomic E-state index is 0.102. The molecule has 0 saturated heterocycles. The highest BCUT2D eigenvalue weighted by Crippen LogP contribution is 2.26. The number of hydrogen-bond acceptors (Lipinski definition) is 4. The first-order valence-corrected chi connectivity index (χ1v) is 10.7. The van der Waals surface area contributed by atoms with Crippen LogP contribution in [0.15, 0.2) is 35.8 Å². The molecule has 0 spiro atoms. The highest BCUT2D eigenvalue weighted by Gasteiger charge is 2.23. The summed E-state index contributed by atoms with van der Waals surface area (Å²) in [5.74, 6) is 3.20. The number of Topliss-reactive ketones (excluding diaryl/α,β-unsaturated/α-hetero) is 2. The van der Waals surface area contributed by atoms with Crippen LogP contribution in [-0.2, 0) is 19.1 Å². The van der Waals surface area contributed by atoms with Crippen LogP contribution in [0.5, 0.6) is 0 Å². The largest absolute Gasteiger partial charge is 0.498 e. The molecule has 0 aromatic rings. The van der Waals surface area contributed by atoms with Gasteiger partial charge in [0.25, 0.3) is 0 Å². The SMILES string of the molecule is CC(C)COC1=CC(C/C=C/CC2C=C(OCC(C)C)CCC2=O)C(=O)CC1. The minimum Gasteiger partial charge on any atom is -0.498 e. The van der Waals surface area contributed by atoms with Crippen LogP contribution in [0.2, 0.25) is 0 Å². The van der Waals surface area contributed by atoms with Crippen LogP contribution in [0, 0.1) is 23.7 Å². The molecule has 4 heteroatoms. The fourth-order valence-corrected chi connectivity index (χ4v) is 3.34. The minimum atomic E-state index is -0.102. The van der Waals surface area contributed by atoms with Gasteiger partial charge < -0.3 is 9.47 Å². The van der Waals surface area contributed by atoms with E-state index >= 15 is 0 Å². The highest BCUT2D eigenvalue weighted by atomic mass is 16.5. The first kappa shape index (κ1) is 22.4. The predicted molar refractivity (Wildman–Crippen MR) is 112 cm³/mol. The van der Waals surface area contributed by atoms with Crippen molar-refractivity contribution in [2.45, 2.75) is 66.2 Å². The molecular formula is C24H36O4. The molecule has 28 heavy (non-hydrogen) atoms. The maximum Gasteiger partial charge on any atom is 0.140 e. The number of rotatable bonds is 10. The molecule has 0 N–H and O–H groups in total. The van der Waals surface area contributed by atoms with Gasteiger partial charge in [0, 0.05) is 37.5 Å². The number of carbonyl (C=O) groups is 2. The fraction of sp³-hybridized carbons (Fsp3) is 0.667. The van der Waals surface area contributed by atoms with Crippen molar-refractivity contribution in [3.8, 4) is 0 Å². The second-order valence-corrected chi connectivity index (χ2v) is 8.76. The van der Waals surface area contributed by atoms with Gasteiger partial charge in [0.2, 0.25) is 0 Å². The first-order valence-electron chi connectivity index (χ1n) is 10.7.